The maximum atomic E-state index is 12.3. The van der Waals surface area contributed by atoms with Gasteiger partial charge in [0.15, 0.2) is 0 Å². The van der Waals surface area contributed by atoms with Crippen molar-refractivity contribution in [1.29, 1.82) is 0 Å². The first-order valence-electron chi connectivity index (χ1n) is 11.7. The highest BCUT2D eigenvalue weighted by atomic mass is 32.2. The Balaban J connectivity index is 1.50. The maximum absolute atomic E-state index is 12.3. The van der Waals surface area contributed by atoms with Crippen LogP contribution in [0, 0.1) is 6.92 Å². The molecule has 176 valence electrons. The van der Waals surface area contributed by atoms with Gasteiger partial charge in [-0.1, -0.05) is 32.0 Å². The molecule has 4 aromatic rings. The lowest BCUT2D eigenvalue weighted by atomic mass is 9.95. The van der Waals surface area contributed by atoms with Gasteiger partial charge in [-0.15, -0.1) is 11.8 Å². The van der Waals surface area contributed by atoms with Crippen LogP contribution < -0.4 is 5.63 Å². The highest BCUT2D eigenvalue weighted by Gasteiger charge is 2.16. The summed E-state index contributed by atoms with van der Waals surface area (Å²) in [4.78, 5) is 24.4. The van der Waals surface area contributed by atoms with E-state index in [0.717, 1.165) is 64.6 Å². The number of fused-ring (bicyclic) bond motifs is 2. The molecular formula is C27H29N3O3S. The van der Waals surface area contributed by atoms with E-state index in [9.17, 15) is 4.79 Å². The lowest BCUT2D eigenvalue weighted by Crippen LogP contribution is -2.36. The summed E-state index contributed by atoms with van der Waals surface area (Å²) in [5, 5.41) is 2.96. The van der Waals surface area contributed by atoms with Crippen LogP contribution in [0.3, 0.4) is 0 Å². The molecule has 2 aromatic heterocycles. The van der Waals surface area contributed by atoms with E-state index in [1.54, 1.807) is 17.8 Å². The number of aryl methyl sites for hydroxylation is 1. The molecule has 3 heterocycles. The Labute approximate surface area is 203 Å². The summed E-state index contributed by atoms with van der Waals surface area (Å²) in [7, 11) is 0. The number of nitrogens with zero attached hydrogens (tertiary/aromatic N) is 3. The number of rotatable bonds is 6. The summed E-state index contributed by atoms with van der Waals surface area (Å²) in [6, 6.07) is 13.9. The van der Waals surface area contributed by atoms with Crippen molar-refractivity contribution < 1.29 is 9.15 Å². The summed E-state index contributed by atoms with van der Waals surface area (Å²) in [5.41, 5.74) is 4.65. The van der Waals surface area contributed by atoms with Gasteiger partial charge in [0.25, 0.3) is 0 Å². The first-order valence-corrected chi connectivity index (χ1v) is 12.7. The molecule has 6 nitrogen and oxygen atoms in total. The molecule has 0 aliphatic carbocycles. The number of morpholine rings is 1. The zero-order valence-corrected chi connectivity index (χ0v) is 20.7. The molecule has 34 heavy (non-hydrogen) atoms. The SMILES string of the molecule is Cc1cc2oc(=O)cc(CSc3nc(CN4CCOCC4)nc4ccccc34)c2cc1C(C)C. The highest BCUT2D eigenvalue weighted by molar-refractivity contribution is 7.98. The van der Waals surface area contributed by atoms with Crippen LogP contribution in [0.2, 0.25) is 0 Å². The molecule has 0 radical (unpaired) electrons. The van der Waals surface area contributed by atoms with Gasteiger partial charge in [0, 0.05) is 35.7 Å². The standard InChI is InChI=1S/C27H29N3O3S/c1-17(2)21-14-22-19(13-26(31)33-24(22)12-18(21)3)16-34-27-20-6-4-5-7-23(20)28-25(29-27)15-30-8-10-32-11-9-30/h4-7,12-14,17H,8-11,15-16H2,1-3H3. The van der Waals surface area contributed by atoms with Crippen molar-refractivity contribution in [2.75, 3.05) is 26.3 Å². The molecular weight excluding hydrogens is 446 g/mol. The van der Waals surface area contributed by atoms with Crippen LogP contribution in [0.15, 0.2) is 56.7 Å². The van der Waals surface area contributed by atoms with Crippen LogP contribution in [0.25, 0.3) is 21.9 Å². The lowest BCUT2D eigenvalue weighted by molar-refractivity contribution is 0.0330. The van der Waals surface area contributed by atoms with E-state index in [1.807, 2.05) is 24.3 Å². The van der Waals surface area contributed by atoms with Crippen LogP contribution in [0.5, 0.6) is 0 Å². The summed E-state index contributed by atoms with van der Waals surface area (Å²) in [6.07, 6.45) is 0. The zero-order chi connectivity index (χ0) is 23.7. The molecule has 7 heteroatoms. The van der Waals surface area contributed by atoms with Crippen LogP contribution in [-0.2, 0) is 17.0 Å². The second-order valence-electron chi connectivity index (χ2n) is 9.09. The first kappa shape index (κ1) is 23.0. The third kappa shape index (κ3) is 4.87. The third-order valence-electron chi connectivity index (χ3n) is 6.29. The third-order valence-corrected chi connectivity index (χ3v) is 7.33. The van der Waals surface area contributed by atoms with Crippen molar-refractivity contribution in [3.8, 4) is 0 Å². The predicted molar refractivity (Wildman–Crippen MR) is 137 cm³/mol. The first-order chi connectivity index (χ1) is 16.5. The Hall–Kier alpha value is -2.74. The van der Waals surface area contributed by atoms with E-state index in [-0.39, 0.29) is 5.63 Å². The fraction of sp³-hybridized carbons (Fsp3) is 0.370. The molecule has 0 unspecified atom stereocenters. The topological polar surface area (TPSA) is 68.5 Å². The van der Waals surface area contributed by atoms with Crippen molar-refractivity contribution in [3.63, 3.8) is 0 Å². The van der Waals surface area contributed by atoms with Gasteiger partial charge in [0.1, 0.15) is 16.4 Å². The fourth-order valence-electron chi connectivity index (χ4n) is 4.51. The number of aromatic nitrogens is 2. The summed E-state index contributed by atoms with van der Waals surface area (Å²) < 4.78 is 11.0. The van der Waals surface area contributed by atoms with Crippen molar-refractivity contribution in [3.05, 3.63) is 75.4 Å². The summed E-state index contributed by atoms with van der Waals surface area (Å²) >= 11 is 1.65. The highest BCUT2D eigenvalue weighted by Crippen LogP contribution is 2.32. The molecule has 0 spiro atoms. The normalized spacial score (nSPS) is 14.9. The number of thioether (sulfide) groups is 1. The Kier molecular flexibility index (Phi) is 6.68. The van der Waals surface area contributed by atoms with E-state index in [0.29, 0.717) is 23.8 Å². The largest absolute Gasteiger partial charge is 0.423 e. The van der Waals surface area contributed by atoms with Crippen LogP contribution >= 0.6 is 11.8 Å². The van der Waals surface area contributed by atoms with E-state index in [1.165, 1.54) is 5.56 Å². The summed E-state index contributed by atoms with van der Waals surface area (Å²) in [5.74, 6) is 1.84. The van der Waals surface area contributed by atoms with Gasteiger partial charge in [-0.25, -0.2) is 14.8 Å². The minimum absolute atomic E-state index is 0.319. The van der Waals surface area contributed by atoms with Crippen molar-refractivity contribution in [2.24, 2.45) is 0 Å². The average Bonchev–Trinajstić information content (AvgIpc) is 2.82. The monoisotopic (exact) mass is 475 g/mol. The van der Waals surface area contributed by atoms with Gasteiger partial charge in [-0.05, 0) is 47.7 Å². The Morgan fingerprint density at radius 1 is 1.06 bits per heavy atom. The molecule has 0 bridgehead atoms. The molecule has 1 fully saturated rings. The minimum atomic E-state index is -0.319. The predicted octanol–water partition coefficient (Wildman–Crippen LogP) is 5.29. The minimum Gasteiger partial charge on any atom is -0.423 e. The van der Waals surface area contributed by atoms with E-state index < -0.39 is 0 Å². The van der Waals surface area contributed by atoms with Gasteiger partial charge in [-0.3, -0.25) is 4.90 Å². The molecule has 1 aliphatic rings. The van der Waals surface area contributed by atoms with Crippen molar-refractivity contribution >= 4 is 33.6 Å². The molecule has 5 rings (SSSR count). The van der Waals surface area contributed by atoms with Crippen LogP contribution in [0.1, 0.15) is 42.3 Å². The Morgan fingerprint density at radius 2 is 1.85 bits per heavy atom. The molecule has 0 atom stereocenters. The second kappa shape index (κ2) is 9.86. The number of benzene rings is 2. The average molecular weight is 476 g/mol. The molecule has 0 saturated carbocycles. The molecule has 1 aliphatic heterocycles. The number of para-hydroxylation sites is 1. The Bertz CT molecular complexity index is 1390. The second-order valence-corrected chi connectivity index (χ2v) is 10.1. The lowest BCUT2D eigenvalue weighted by Gasteiger charge is -2.25. The zero-order valence-electron chi connectivity index (χ0n) is 19.8. The quantitative estimate of drug-likeness (QED) is 0.213. The van der Waals surface area contributed by atoms with E-state index >= 15 is 0 Å². The maximum Gasteiger partial charge on any atom is 0.336 e. The van der Waals surface area contributed by atoms with Crippen LogP contribution in [0.4, 0.5) is 0 Å². The van der Waals surface area contributed by atoms with Gasteiger partial charge >= 0.3 is 5.63 Å². The van der Waals surface area contributed by atoms with Crippen LogP contribution in [-0.4, -0.2) is 41.2 Å². The van der Waals surface area contributed by atoms with E-state index in [4.69, 9.17) is 19.1 Å². The number of hydrogen-bond acceptors (Lipinski definition) is 7. The van der Waals surface area contributed by atoms with Crippen molar-refractivity contribution in [1.82, 2.24) is 14.9 Å². The van der Waals surface area contributed by atoms with Gasteiger partial charge in [0.2, 0.25) is 0 Å². The van der Waals surface area contributed by atoms with Crippen molar-refractivity contribution in [2.45, 2.75) is 44.0 Å². The number of ether oxygens (including phenoxy) is 1. The smallest absolute Gasteiger partial charge is 0.336 e. The molecule has 0 N–H and O–H groups in total. The number of hydrogen-bond donors (Lipinski definition) is 0. The van der Waals surface area contributed by atoms with Gasteiger partial charge in [0.05, 0.1) is 25.3 Å². The van der Waals surface area contributed by atoms with E-state index in [2.05, 4.69) is 37.8 Å². The molecule has 1 saturated heterocycles. The molecule has 0 amide bonds. The fourth-order valence-corrected chi connectivity index (χ4v) is 5.54. The summed E-state index contributed by atoms with van der Waals surface area (Å²) in [6.45, 7) is 10.4. The van der Waals surface area contributed by atoms with Gasteiger partial charge in [-0.2, -0.15) is 0 Å². The molecule has 2 aromatic carbocycles. The Morgan fingerprint density at radius 3 is 2.65 bits per heavy atom. The van der Waals surface area contributed by atoms with Gasteiger partial charge < -0.3 is 9.15 Å².